The topological polar surface area (TPSA) is 81.7 Å². The molecule has 1 aromatic rings. The van der Waals surface area contributed by atoms with Crippen LogP contribution in [0.25, 0.3) is 0 Å². The normalized spacial score (nSPS) is 16.4. The van der Waals surface area contributed by atoms with Gasteiger partial charge in [-0.25, -0.2) is 0 Å². The van der Waals surface area contributed by atoms with Crippen molar-refractivity contribution in [2.45, 2.75) is 51.0 Å². The fourth-order valence-electron chi connectivity index (χ4n) is 3.58. The van der Waals surface area contributed by atoms with Gasteiger partial charge in [-0.2, -0.15) is 26.3 Å². The number of halogens is 6. The number of nitrogens with one attached hydrogen (secondary N) is 2. The summed E-state index contributed by atoms with van der Waals surface area (Å²) in [5.41, 5.74) is -4.47. The van der Waals surface area contributed by atoms with Gasteiger partial charge in [0.25, 0.3) is 5.91 Å². The SMILES string of the molecule is CC(C)(CO)NC(=O)CCN1CCC(CNC(=O)c2cc(C(F)(F)F)cc(C(F)(F)F)c2)CC1. The van der Waals surface area contributed by atoms with Crippen LogP contribution in [0, 0.1) is 5.92 Å². The zero-order valence-electron chi connectivity index (χ0n) is 18.9. The molecule has 12 heteroatoms. The molecular weight excluding hydrogens is 468 g/mol. The van der Waals surface area contributed by atoms with E-state index in [1.807, 2.05) is 0 Å². The highest BCUT2D eigenvalue weighted by Gasteiger charge is 2.37. The number of hydrogen-bond donors (Lipinski definition) is 3. The maximum Gasteiger partial charge on any atom is 0.416 e. The third-order valence-electron chi connectivity index (χ3n) is 5.64. The van der Waals surface area contributed by atoms with Crippen LogP contribution in [0.1, 0.15) is 54.6 Å². The Morgan fingerprint density at radius 1 is 1.00 bits per heavy atom. The van der Waals surface area contributed by atoms with E-state index in [9.17, 15) is 41.0 Å². The Balaban J connectivity index is 1.86. The van der Waals surface area contributed by atoms with Crippen LogP contribution in [0.3, 0.4) is 0 Å². The summed E-state index contributed by atoms with van der Waals surface area (Å²) in [6.45, 7) is 5.13. The molecule has 1 aliphatic rings. The maximum atomic E-state index is 13.0. The first kappa shape index (κ1) is 27.9. The number of piperidine rings is 1. The monoisotopic (exact) mass is 497 g/mol. The van der Waals surface area contributed by atoms with E-state index in [2.05, 4.69) is 15.5 Å². The zero-order valence-corrected chi connectivity index (χ0v) is 18.9. The summed E-state index contributed by atoms with van der Waals surface area (Å²) in [5, 5.41) is 14.4. The molecule has 0 aromatic heterocycles. The van der Waals surface area contributed by atoms with Crippen LogP contribution in [0.2, 0.25) is 0 Å². The number of hydrogen-bond acceptors (Lipinski definition) is 4. The van der Waals surface area contributed by atoms with Gasteiger partial charge < -0.3 is 20.6 Å². The van der Waals surface area contributed by atoms with Crippen molar-refractivity contribution in [2.24, 2.45) is 5.92 Å². The van der Waals surface area contributed by atoms with Gasteiger partial charge >= 0.3 is 12.4 Å². The van der Waals surface area contributed by atoms with Crippen LogP contribution in [0.15, 0.2) is 18.2 Å². The minimum absolute atomic E-state index is 0.00948. The second-order valence-electron chi connectivity index (χ2n) is 9.13. The summed E-state index contributed by atoms with van der Waals surface area (Å²) in [6.07, 6.45) is -8.48. The van der Waals surface area contributed by atoms with Gasteiger partial charge in [-0.15, -0.1) is 0 Å². The lowest BCUT2D eigenvalue weighted by Gasteiger charge is -2.32. The molecule has 0 radical (unpaired) electrons. The van der Waals surface area contributed by atoms with Gasteiger partial charge in [0.05, 0.1) is 23.3 Å². The summed E-state index contributed by atoms with van der Waals surface area (Å²) >= 11 is 0. The van der Waals surface area contributed by atoms with Crippen molar-refractivity contribution in [3.63, 3.8) is 0 Å². The van der Waals surface area contributed by atoms with Crippen molar-refractivity contribution in [1.82, 2.24) is 15.5 Å². The molecule has 0 atom stereocenters. The van der Waals surface area contributed by atoms with Crippen molar-refractivity contribution in [1.29, 1.82) is 0 Å². The number of amides is 2. The lowest BCUT2D eigenvalue weighted by molar-refractivity contribution is -0.143. The Labute approximate surface area is 193 Å². The van der Waals surface area contributed by atoms with Gasteiger partial charge in [-0.05, 0) is 63.9 Å². The number of aliphatic hydroxyl groups excluding tert-OH is 1. The maximum absolute atomic E-state index is 13.0. The summed E-state index contributed by atoms with van der Waals surface area (Å²) in [4.78, 5) is 26.3. The lowest BCUT2D eigenvalue weighted by atomic mass is 9.96. The van der Waals surface area contributed by atoms with Crippen molar-refractivity contribution in [3.05, 3.63) is 34.9 Å². The van der Waals surface area contributed by atoms with E-state index in [-0.39, 0.29) is 37.5 Å². The first-order chi connectivity index (χ1) is 15.6. The smallest absolute Gasteiger partial charge is 0.394 e. The van der Waals surface area contributed by atoms with E-state index in [0.29, 0.717) is 44.6 Å². The molecule has 0 unspecified atom stereocenters. The molecule has 2 rings (SSSR count). The Morgan fingerprint density at radius 3 is 2.00 bits per heavy atom. The summed E-state index contributed by atoms with van der Waals surface area (Å²) in [7, 11) is 0. The minimum Gasteiger partial charge on any atom is -0.394 e. The molecule has 192 valence electrons. The molecule has 34 heavy (non-hydrogen) atoms. The summed E-state index contributed by atoms with van der Waals surface area (Å²) in [5.74, 6) is -1.18. The molecule has 1 aromatic carbocycles. The van der Waals surface area contributed by atoms with Crippen LogP contribution < -0.4 is 10.6 Å². The number of carbonyl (C=O) groups is 2. The van der Waals surface area contributed by atoms with Gasteiger partial charge in [-0.3, -0.25) is 9.59 Å². The predicted molar refractivity (Wildman–Crippen MR) is 112 cm³/mol. The van der Waals surface area contributed by atoms with Gasteiger partial charge in [0, 0.05) is 25.1 Å². The lowest BCUT2D eigenvalue weighted by Crippen LogP contribution is -2.47. The number of rotatable bonds is 8. The number of likely N-dealkylation sites (tertiary alicyclic amines) is 1. The van der Waals surface area contributed by atoms with Crippen molar-refractivity contribution < 1.29 is 41.0 Å². The Bertz CT molecular complexity index is 830. The number of benzene rings is 1. The number of carbonyl (C=O) groups excluding carboxylic acids is 2. The zero-order chi connectivity index (χ0) is 25.7. The molecule has 1 heterocycles. The highest BCUT2D eigenvalue weighted by Crippen LogP contribution is 2.36. The molecule has 0 spiro atoms. The Hall–Kier alpha value is -2.34. The average Bonchev–Trinajstić information content (AvgIpc) is 2.75. The highest BCUT2D eigenvalue weighted by molar-refractivity contribution is 5.94. The molecule has 1 fully saturated rings. The molecule has 1 saturated heterocycles. The van der Waals surface area contributed by atoms with Gasteiger partial charge in [0.1, 0.15) is 0 Å². The van der Waals surface area contributed by atoms with Crippen LogP contribution in [-0.2, 0) is 17.1 Å². The first-order valence-electron chi connectivity index (χ1n) is 10.8. The molecule has 1 aliphatic heterocycles. The van der Waals surface area contributed by atoms with Crippen LogP contribution >= 0.6 is 0 Å². The van der Waals surface area contributed by atoms with Gasteiger partial charge in [0.15, 0.2) is 0 Å². The standard InChI is InChI=1S/C22H29F6N3O3/c1-20(2,13-32)30-18(33)5-8-31-6-3-14(4-7-31)12-29-19(34)15-9-16(21(23,24)25)11-17(10-15)22(26,27)28/h9-11,14,32H,3-8,12-13H2,1-2H3,(H,29,34)(H,30,33). The molecule has 0 bridgehead atoms. The third kappa shape index (κ3) is 8.46. The Kier molecular flexibility index (Phi) is 8.98. The van der Waals surface area contributed by atoms with Crippen molar-refractivity contribution >= 4 is 11.8 Å². The number of alkyl halides is 6. The molecule has 0 aliphatic carbocycles. The molecule has 3 N–H and O–H groups in total. The highest BCUT2D eigenvalue weighted by atomic mass is 19.4. The fraction of sp³-hybridized carbons (Fsp3) is 0.636. The van der Waals surface area contributed by atoms with Crippen LogP contribution in [0.5, 0.6) is 0 Å². The van der Waals surface area contributed by atoms with Gasteiger partial charge in [0.2, 0.25) is 5.91 Å². The quantitative estimate of drug-likeness (QED) is 0.481. The van der Waals surface area contributed by atoms with Crippen LogP contribution in [-0.4, -0.2) is 60.1 Å². The third-order valence-corrected chi connectivity index (χ3v) is 5.64. The van der Waals surface area contributed by atoms with Crippen molar-refractivity contribution in [2.75, 3.05) is 32.8 Å². The summed E-state index contributed by atoms with van der Waals surface area (Å²) < 4.78 is 77.9. The predicted octanol–water partition coefficient (Wildman–Crippen LogP) is 3.44. The van der Waals surface area contributed by atoms with E-state index in [1.165, 1.54) is 0 Å². The van der Waals surface area contributed by atoms with Gasteiger partial charge in [-0.1, -0.05) is 0 Å². The fourth-order valence-corrected chi connectivity index (χ4v) is 3.58. The number of nitrogens with zero attached hydrogens (tertiary/aromatic N) is 1. The molecule has 6 nitrogen and oxygen atoms in total. The van der Waals surface area contributed by atoms with Crippen LogP contribution in [0.4, 0.5) is 26.3 Å². The molecule has 2 amide bonds. The average molecular weight is 497 g/mol. The van der Waals surface area contributed by atoms with E-state index in [1.54, 1.807) is 13.8 Å². The second kappa shape index (κ2) is 10.9. The second-order valence-corrected chi connectivity index (χ2v) is 9.13. The van der Waals surface area contributed by atoms with E-state index < -0.39 is 40.5 Å². The van der Waals surface area contributed by atoms with E-state index in [4.69, 9.17) is 0 Å². The Morgan fingerprint density at radius 2 is 1.53 bits per heavy atom. The van der Waals surface area contributed by atoms with E-state index in [0.717, 1.165) is 0 Å². The summed E-state index contributed by atoms with van der Waals surface area (Å²) in [6, 6.07) is 0.810. The molecule has 0 saturated carbocycles. The minimum atomic E-state index is -5.02. The first-order valence-corrected chi connectivity index (χ1v) is 10.8. The molecular formula is C22H29F6N3O3. The van der Waals surface area contributed by atoms with E-state index >= 15 is 0 Å². The van der Waals surface area contributed by atoms with Crippen molar-refractivity contribution in [3.8, 4) is 0 Å². The largest absolute Gasteiger partial charge is 0.416 e. The number of aliphatic hydroxyl groups is 1.